The Labute approximate surface area is 180 Å². The average molecular weight is 425 g/mol. The number of amides is 1. The molecule has 0 aliphatic heterocycles. The molecule has 0 heterocycles. The summed E-state index contributed by atoms with van der Waals surface area (Å²) in [5.41, 5.74) is 4.58. The Hall–Kier alpha value is -3.51. The Kier molecular flexibility index (Phi) is 7.29. The van der Waals surface area contributed by atoms with Crippen LogP contribution in [0.5, 0.6) is 17.2 Å². The topological polar surface area (TPSA) is 69.2 Å². The molecule has 1 N–H and O–H groups in total. The fourth-order valence-electron chi connectivity index (χ4n) is 2.67. The lowest BCUT2D eigenvalue weighted by molar-refractivity contribution is 0.0954. The number of hydrogen-bond donors (Lipinski definition) is 1. The van der Waals surface area contributed by atoms with E-state index in [1.807, 2.05) is 48.5 Å². The van der Waals surface area contributed by atoms with Gasteiger partial charge >= 0.3 is 0 Å². The number of methoxy groups -OCH3 is 2. The first-order valence-electron chi connectivity index (χ1n) is 9.12. The minimum Gasteiger partial charge on any atom is -0.493 e. The summed E-state index contributed by atoms with van der Waals surface area (Å²) in [4.78, 5) is 12.3. The summed E-state index contributed by atoms with van der Waals surface area (Å²) in [6.07, 6.45) is 1.54. The van der Waals surface area contributed by atoms with Gasteiger partial charge in [-0.3, -0.25) is 4.79 Å². The van der Waals surface area contributed by atoms with Crippen LogP contribution in [0.15, 0.2) is 71.8 Å². The average Bonchev–Trinajstić information content (AvgIpc) is 2.78. The molecule has 0 aromatic heterocycles. The molecule has 0 saturated heterocycles. The highest BCUT2D eigenvalue weighted by molar-refractivity contribution is 6.31. The first-order valence-corrected chi connectivity index (χ1v) is 9.50. The van der Waals surface area contributed by atoms with Gasteiger partial charge in [0.15, 0.2) is 11.5 Å². The SMILES string of the molecule is COc1ccc(C(=O)N/N=C/c2cccc(OCc3ccccc3Cl)c2)cc1OC. The van der Waals surface area contributed by atoms with Gasteiger partial charge in [0.1, 0.15) is 12.4 Å². The van der Waals surface area contributed by atoms with E-state index in [9.17, 15) is 4.79 Å². The molecule has 154 valence electrons. The van der Waals surface area contributed by atoms with Crippen molar-refractivity contribution in [3.63, 3.8) is 0 Å². The van der Waals surface area contributed by atoms with Crippen LogP contribution in [0.3, 0.4) is 0 Å². The second kappa shape index (κ2) is 10.3. The summed E-state index contributed by atoms with van der Waals surface area (Å²) in [6.45, 7) is 0.357. The van der Waals surface area contributed by atoms with Gasteiger partial charge in [-0.1, -0.05) is 41.9 Å². The maximum Gasteiger partial charge on any atom is 0.271 e. The van der Waals surface area contributed by atoms with Crippen molar-refractivity contribution >= 4 is 23.7 Å². The molecule has 0 saturated carbocycles. The minimum atomic E-state index is -0.363. The van der Waals surface area contributed by atoms with E-state index < -0.39 is 0 Å². The maximum absolute atomic E-state index is 12.3. The van der Waals surface area contributed by atoms with Crippen LogP contribution in [0.2, 0.25) is 5.02 Å². The number of nitrogens with one attached hydrogen (secondary N) is 1. The predicted octanol–water partition coefficient (Wildman–Crippen LogP) is 4.70. The van der Waals surface area contributed by atoms with Gasteiger partial charge in [-0.05, 0) is 42.0 Å². The summed E-state index contributed by atoms with van der Waals surface area (Å²) in [6, 6.07) is 19.8. The van der Waals surface area contributed by atoms with Crippen LogP contribution < -0.4 is 19.6 Å². The highest BCUT2D eigenvalue weighted by Crippen LogP contribution is 2.27. The molecule has 3 rings (SSSR count). The number of hydrogen-bond acceptors (Lipinski definition) is 5. The summed E-state index contributed by atoms with van der Waals surface area (Å²) >= 11 is 6.15. The molecule has 0 aliphatic carbocycles. The van der Waals surface area contributed by atoms with Crippen LogP contribution in [0.25, 0.3) is 0 Å². The highest BCUT2D eigenvalue weighted by Gasteiger charge is 2.10. The third-order valence-corrected chi connectivity index (χ3v) is 4.60. The second-order valence-electron chi connectivity index (χ2n) is 6.22. The highest BCUT2D eigenvalue weighted by atomic mass is 35.5. The molecule has 30 heavy (non-hydrogen) atoms. The van der Waals surface area contributed by atoms with Crippen LogP contribution in [-0.2, 0) is 6.61 Å². The molecule has 0 spiro atoms. The van der Waals surface area contributed by atoms with E-state index in [2.05, 4.69) is 10.5 Å². The molecular weight excluding hydrogens is 404 g/mol. The van der Waals surface area contributed by atoms with Gasteiger partial charge in [0.25, 0.3) is 5.91 Å². The third kappa shape index (κ3) is 5.52. The van der Waals surface area contributed by atoms with Crippen molar-refractivity contribution in [3.05, 3.63) is 88.4 Å². The summed E-state index contributed by atoms with van der Waals surface area (Å²) in [5.74, 6) is 1.33. The molecule has 0 atom stereocenters. The van der Waals surface area contributed by atoms with Crippen LogP contribution in [0, 0.1) is 0 Å². The first kappa shape index (κ1) is 21.2. The number of hydrazone groups is 1. The molecule has 1 amide bonds. The summed E-state index contributed by atoms with van der Waals surface area (Å²) in [5, 5.41) is 4.68. The number of rotatable bonds is 8. The van der Waals surface area contributed by atoms with Crippen LogP contribution in [-0.4, -0.2) is 26.3 Å². The van der Waals surface area contributed by atoms with E-state index in [1.165, 1.54) is 14.2 Å². The third-order valence-electron chi connectivity index (χ3n) is 4.24. The van der Waals surface area contributed by atoms with Crippen molar-refractivity contribution in [2.45, 2.75) is 6.61 Å². The number of nitrogens with zero attached hydrogens (tertiary/aromatic N) is 1. The molecule has 3 aromatic rings. The zero-order valence-electron chi connectivity index (χ0n) is 16.6. The molecule has 0 bridgehead atoms. The zero-order chi connectivity index (χ0) is 21.3. The van der Waals surface area contributed by atoms with Gasteiger partial charge in [0.05, 0.1) is 20.4 Å². The largest absolute Gasteiger partial charge is 0.493 e. The molecule has 0 radical (unpaired) electrons. The second-order valence-corrected chi connectivity index (χ2v) is 6.63. The van der Waals surface area contributed by atoms with Gasteiger partial charge in [0.2, 0.25) is 0 Å². The number of carbonyl (C=O) groups excluding carboxylic acids is 1. The van der Waals surface area contributed by atoms with Crippen LogP contribution >= 0.6 is 11.6 Å². The van der Waals surface area contributed by atoms with Gasteiger partial charge < -0.3 is 14.2 Å². The van der Waals surface area contributed by atoms with E-state index in [-0.39, 0.29) is 5.91 Å². The Morgan fingerprint density at radius 1 is 1.00 bits per heavy atom. The molecule has 6 nitrogen and oxygen atoms in total. The number of benzene rings is 3. The fourth-order valence-corrected chi connectivity index (χ4v) is 2.86. The van der Waals surface area contributed by atoms with Crippen molar-refractivity contribution in [1.29, 1.82) is 0 Å². The number of ether oxygens (including phenoxy) is 3. The van der Waals surface area contributed by atoms with E-state index in [1.54, 1.807) is 24.4 Å². The molecule has 3 aromatic carbocycles. The summed E-state index contributed by atoms with van der Waals surface area (Å²) < 4.78 is 16.2. The monoisotopic (exact) mass is 424 g/mol. The van der Waals surface area contributed by atoms with Crippen molar-refractivity contribution in [2.24, 2.45) is 5.10 Å². The summed E-state index contributed by atoms with van der Waals surface area (Å²) in [7, 11) is 3.05. The fraction of sp³-hybridized carbons (Fsp3) is 0.130. The normalized spacial score (nSPS) is 10.6. The Bertz CT molecular complexity index is 1050. The molecule has 0 unspecified atom stereocenters. The molecule has 0 aliphatic rings. The van der Waals surface area contributed by atoms with Crippen molar-refractivity contribution in [1.82, 2.24) is 5.43 Å². The predicted molar refractivity (Wildman–Crippen MR) is 117 cm³/mol. The van der Waals surface area contributed by atoms with Crippen molar-refractivity contribution in [3.8, 4) is 17.2 Å². The van der Waals surface area contributed by atoms with Gasteiger partial charge in [-0.2, -0.15) is 5.10 Å². The first-order chi connectivity index (χ1) is 14.6. The van der Waals surface area contributed by atoms with Crippen LogP contribution in [0.4, 0.5) is 0 Å². The van der Waals surface area contributed by atoms with Gasteiger partial charge in [-0.25, -0.2) is 5.43 Å². The smallest absolute Gasteiger partial charge is 0.271 e. The quantitative estimate of drug-likeness (QED) is 0.420. The maximum atomic E-state index is 12.3. The van der Waals surface area contributed by atoms with E-state index in [4.69, 9.17) is 25.8 Å². The molecule has 7 heteroatoms. The number of halogens is 1. The lowest BCUT2D eigenvalue weighted by Crippen LogP contribution is -2.17. The van der Waals surface area contributed by atoms with Crippen LogP contribution in [0.1, 0.15) is 21.5 Å². The van der Waals surface area contributed by atoms with E-state index >= 15 is 0 Å². The van der Waals surface area contributed by atoms with Gasteiger partial charge in [0, 0.05) is 16.1 Å². The molecule has 0 fully saturated rings. The van der Waals surface area contributed by atoms with Crippen molar-refractivity contribution < 1.29 is 19.0 Å². The lowest BCUT2D eigenvalue weighted by Gasteiger charge is -2.09. The molecular formula is C23H21ClN2O4. The van der Waals surface area contributed by atoms with E-state index in [0.717, 1.165) is 11.1 Å². The van der Waals surface area contributed by atoms with E-state index in [0.29, 0.717) is 34.4 Å². The standard InChI is InChI=1S/C23H21ClN2O4/c1-28-21-11-10-17(13-22(21)29-2)23(27)26-25-14-16-6-5-8-19(12-16)30-15-18-7-3-4-9-20(18)24/h3-14H,15H2,1-2H3,(H,26,27)/b25-14+. The number of carbonyl (C=O) groups is 1. The zero-order valence-corrected chi connectivity index (χ0v) is 17.3. The van der Waals surface area contributed by atoms with Crippen molar-refractivity contribution in [2.75, 3.05) is 14.2 Å². The lowest BCUT2D eigenvalue weighted by atomic mass is 10.2. The Balaban J connectivity index is 1.60. The Morgan fingerprint density at radius 2 is 1.80 bits per heavy atom. The van der Waals surface area contributed by atoms with Gasteiger partial charge in [-0.15, -0.1) is 0 Å². The Morgan fingerprint density at radius 3 is 2.57 bits per heavy atom. The minimum absolute atomic E-state index is 0.357.